The lowest BCUT2D eigenvalue weighted by Crippen LogP contribution is -2.49. The molecule has 2 amide bonds. The first-order valence-electron chi connectivity index (χ1n) is 13.8. The van der Waals surface area contributed by atoms with Gasteiger partial charge in [0.15, 0.2) is 0 Å². The molecular formula is C30H40N4O2. The first kappa shape index (κ1) is 24.7. The molecule has 2 heterocycles. The summed E-state index contributed by atoms with van der Waals surface area (Å²) in [5.74, 6) is 0.595. The van der Waals surface area contributed by atoms with E-state index in [9.17, 15) is 9.59 Å². The number of anilines is 2. The van der Waals surface area contributed by atoms with E-state index in [0.717, 1.165) is 76.2 Å². The molecule has 2 aromatic carbocycles. The van der Waals surface area contributed by atoms with E-state index in [2.05, 4.69) is 52.4 Å². The van der Waals surface area contributed by atoms with E-state index in [-0.39, 0.29) is 23.8 Å². The molecule has 3 fully saturated rings. The lowest BCUT2D eigenvalue weighted by Gasteiger charge is -2.38. The van der Waals surface area contributed by atoms with Crippen molar-refractivity contribution in [3.8, 4) is 0 Å². The third kappa shape index (κ3) is 5.53. The number of aryl methyl sites for hydroxylation is 1. The number of nitrogens with zero attached hydrogens (tertiary/aromatic N) is 3. The standard InChI is InChI=1S/C30H40N4O2/c1-23-9-5-7-13-27(23)33-19-21-34(22-20-33)30(36)26-12-6-8-14-28(26)32-17-15-25(16-18-32)31-29(35)24-10-3-2-4-11-24/h5-9,12-14,24-25H,2-4,10-11,15-22H2,1H3,(H,31,35). The van der Waals surface area contributed by atoms with E-state index in [0.29, 0.717) is 0 Å². The van der Waals surface area contributed by atoms with E-state index < -0.39 is 0 Å². The molecule has 6 nitrogen and oxygen atoms in total. The SMILES string of the molecule is Cc1ccccc1N1CCN(C(=O)c2ccccc2N2CCC(NC(=O)C3CCCCC3)CC2)CC1. The van der Waals surface area contributed by atoms with Crippen LogP contribution in [0, 0.1) is 12.8 Å². The number of hydrogen-bond donors (Lipinski definition) is 1. The summed E-state index contributed by atoms with van der Waals surface area (Å²) in [5.41, 5.74) is 4.37. The van der Waals surface area contributed by atoms with Crippen LogP contribution in [0.1, 0.15) is 60.9 Å². The Morgan fingerprint density at radius 1 is 0.722 bits per heavy atom. The zero-order valence-electron chi connectivity index (χ0n) is 21.6. The highest BCUT2D eigenvalue weighted by Gasteiger charge is 2.29. The summed E-state index contributed by atoms with van der Waals surface area (Å²) in [5, 5.41) is 3.33. The Balaban J connectivity index is 1.17. The average Bonchev–Trinajstić information content (AvgIpc) is 2.94. The van der Waals surface area contributed by atoms with Gasteiger partial charge in [0.2, 0.25) is 5.91 Å². The zero-order valence-corrected chi connectivity index (χ0v) is 21.6. The minimum atomic E-state index is 0.128. The quantitative estimate of drug-likeness (QED) is 0.667. The lowest BCUT2D eigenvalue weighted by atomic mass is 9.88. The van der Waals surface area contributed by atoms with Crippen LogP contribution in [0.25, 0.3) is 0 Å². The number of piperazine rings is 1. The van der Waals surface area contributed by atoms with Crippen LogP contribution >= 0.6 is 0 Å². The predicted molar refractivity (Wildman–Crippen MR) is 146 cm³/mol. The Kier molecular flexibility index (Phi) is 7.78. The largest absolute Gasteiger partial charge is 0.371 e. The van der Waals surface area contributed by atoms with Crippen LogP contribution in [0.5, 0.6) is 0 Å². The van der Waals surface area contributed by atoms with Crippen molar-refractivity contribution in [2.24, 2.45) is 5.92 Å². The summed E-state index contributed by atoms with van der Waals surface area (Å²) in [6.45, 7) is 7.04. The number of rotatable bonds is 5. The third-order valence-electron chi connectivity index (χ3n) is 8.32. The van der Waals surface area contributed by atoms with Gasteiger partial charge in [-0.15, -0.1) is 0 Å². The van der Waals surface area contributed by atoms with Gasteiger partial charge in [-0.25, -0.2) is 0 Å². The molecule has 1 N–H and O–H groups in total. The lowest BCUT2D eigenvalue weighted by molar-refractivity contribution is -0.126. The molecule has 3 aliphatic rings. The van der Waals surface area contributed by atoms with E-state index in [4.69, 9.17) is 0 Å². The summed E-state index contributed by atoms with van der Waals surface area (Å²) in [6.07, 6.45) is 7.57. The summed E-state index contributed by atoms with van der Waals surface area (Å²) in [6, 6.07) is 16.8. The van der Waals surface area contributed by atoms with Crippen molar-refractivity contribution < 1.29 is 9.59 Å². The van der Waals surface area contributed by atoms with Crippen molar-refractivity contribution in [2.75, 3.05) is 49.1 Å². The molecule has 0 radical (unpaired) electrons. The van der Waals surface area contributed by atoms with Crippen LogP contribution in [0.15, 0.2) is 48.5 Å². The minimum absolute atomic E-state index is 0.128. The molecule has 6 heteroatoms. The molecule has 1 saturated carbocycles. The van der Waals surface area contributed by atoms with Crippen molar-refractivity contribution in [1.29, 1.82) is 0 Å². The second kappa shape index (κ2) is 11.4. The van der Waals surface area contributed by atoms with Gasteiger partial charge in [-0.05, 0) is 56.4 Å². The second-order valence-corrected chi connectivity index (χ2v) is 10.7. The molecule has 2 saturated heterocycles. The molecule has 5 rings (SSSR count). The fraction of sp³-hybridized carbons (Fsp3) is 0.533. The average molecular weight is 489 g/mol. The Bertz CT molecular complexity index is 1050. The molecule has 1 aliphatic carbocycles. The predicted octanol–water partition coefficient (Wildman–Crippen LogP) is 4.62. The van der Waals surface area contributed by atoms with Crippen molar-refractivity contribution in [1.82, 2.24) is 10.2 Å². The molecule has 192 valence electrons. The van der Waals surface area contributed by atoms with Gasteiger partial charge >= 0.3 is 0 Å². The number of nitrogens with one attached hydrogen (secondary N) is 1. The van der Waals surface area contributed by atoms with Crippen molar-refractivity contribution in [2.45, 2.75) is 57.9 Å². The van der Waals surface area contributed by atoms with E-state index in [1.54, 1.807) is 0 Å². The fourth-order valence-corrected chi connectivity index (χ4v) is 6.12. The van der Waals surface area contributed by atoms with Gasteiger partial charge in [-0.3, -0.25) is 9.59 Å². The van der Waals surface area contributed by atoms with Gasteiger partial charge in [0.1, 0.15) is 0 Å². The maximum Gasteiger partial charge on any atom is 0.256 e. The third-order valence-corrected chi connectivity index (χ3v) is 8.32. The number of hydrogen-bond acceptors (Lipinski definition) is 4. The first-order chi connectivity index (χ1) is 17.6. The van der Waals surface area contributed by atoms with Crippen LogP contribution in [0.3, 0.4) is 0 Å². The van der Waals surface area contributed by atoms with Crippen LogP contribution in [-0.2, 0) is 4.79 Å². The number of amides is 2. The summed E-state index contributed by atoms with van der Waals surface area (Å²) < 4.78 is 0. The second-order valence-electron chi connectivity index (χ2n) is 10.7. The summed E-state index contributed by atoms with van der Waals surface area (Å²) in [4.78, 5) is 33.0. The van der Waals surface area contributed by atoms with E-state index in [1.165, 1.54) is 30.5 Å². The minimum Gasteiger partial charge on any atom is -0.371 e. The van der Waals surface area contributed by atoms with Gasteiger partial charge in [0, 0.05) is 62.6 Å². The Hall–Kier alpha value is -3.02. The maximum atomic E-state index is 13.6. The van der Waals surface area contributed by atoms with E-state index in [1.807, 2.05) is 23.1 Å². The van der Waals surface area contributed by atoms with Gasteiger partial charge in [0.25, 0.3) is 5.91 Å². The highest BCUT2D eigenvalue weighted by atomic mass is 16.2. The van der Waals surface area contributed by atoms with Gasteiger partial charge in [-0.2, -0.15) is 0 Å². The van der Waals surface area contributed by atoms with Gasteiger partial charge < -0.3 is 20.0 Å². The van der Waals surface area contributed by atoms with E-state index >= 15 is 0 Å². The number of para-hydroxylation sites is 2. The van der Waals surface area contributed by atoms with Crippen LogP contribution in [-0.4, -0.2) is 62.0 Å². The number of piperidine rings is 1. The molecule has 0 aromatic heterocycles. The number of benzene rings is 2. The zero-order chi connectivity index (χ0) is 24.9. The maximum absolute atomic E-state index is 13.6. The fourth-order valence-electron chi connectivity index (χ4n) is 6.12. The van der Waals surface area contributed by atoms with Gasteiger partial charge in [-0.1, -0.05) is 49.6 Å². The van der Waals surface area contributed by atoms with Gasteiger partial charge in [0.05, 0.1) is 5.56 Å². The molecule has 36 heavy (non-hydrogen) atoms. The van der Waals surface area contributed by atoms with Crippen LogP contribution in [0.4, 0.5) is 11.4 Å². The summed E-state index contributed by atoms with van der Waals surface area (Å²) >= 11 is 0. The van der Waals surface area contributed by atoms with Crippen molar-refractivity contribution >= 4 is 23.2 Å². The topological polar surface area (TPSA) is 55.9 Å². The Labute approximate surface area is 215 Å². The smallest absolute Gasteiger partial charge is 0.256 e. The molecule has 0 spiro atoms. The molecule has 0 atom stereocenters. The van der Waals surface area contributed by atoms with Crippen molar-refractivity contribution in [3.63, 3.8) is 0 Å². The van der Waals surface area contributed by atoms with Crippen molar-refractivity contribution in [3.05, 3.63) is 59.7 Å². The monoisotopic (exact) mass is 488 g/mol. The normalized spacial score (nSPS) is 19.9. The Morgan fingerprint density at radius 2 is 1.33 bits per heavy atom. The molecule has 2 aromatic rings. The molecule has 0 bridgehead atoms. The molecule has 0 unspecified atom stereocenters. The highest BCUT2D eigenvalue weighted by Crippen LogP contribution is 2.28. The first-order valence-corrected chi connectivity index (χ1v) is 13.8. The summed E-state index contributed by atoms with van der Waals surface area (Å²) in [7, 11) is 0. The number of carbonyl (C=O) groups excluding carboxylic acids is 2. The highest BCUT2D eigenvalue weighted by molar-refractivity contribution is 6.00. The Morgan fingerprint density at radius 3 is 2.03 bits per heavy atom. The number of carbonyl (C=O) groups is 2. The molecule has 2 aliphatic heterocycles. The van der Waals surface area contributed by atoms with Crippen LogP contribution in [0.2, 0.25) is 0 Å². The molecular weight excluding hydrogens is 448 g/mol. The van der Waals surface area contributed by atoms with Crippen LogP contribution < -0.4 is 15.1 Å².